The van der Waals surface area contributed by atoms with Crippen LogP contribution in [0.5, 0.6) is 0 Å². The molecule has 0 aromatic rings. The first-order chi connectivity index (χ1) is 4.91. The summed E-state index contributed by atoms with van der Waals surface area (Å²) < 4.78 is 5.20. The fraction of sp³-hybridized carbons (Fsp3) is 0.857. The summed E-state index contributed by atoms with van der Waals surface area (Å²) in [6, 6.07) is 0. The third-order valence-electron chi connectivity index (χ3n) is 1.05. The summed E-state index contributed by atoms with van der Waals surface area (Å²) >= 11 is 4.38. The molecule has 0 amide bonds. The zero-order valence-corrected chi connectivity index (χ0v) is 7.12. The van der Waals surface area contributed by atoms with Crippen LogP contribution in [0.25, 0.3) is 0 Å². The monoisotopic (exact) mass is 159 g/mol. The van der Waals surface area contributed by atoms with Gasteiger partial charge in [-0.15, -0.1) is 0 Å². The quantitative estimate of drug-likeness (QED) is 0.335. The first-order valence-electron chi connectivity index (χ1n) is 3.53. The number of hydrogen-bond acceptors (Lipinski definition) is 3. The van der Waals surface area contributed by atoms with Gasteiger partial charge in [0.15, 0.2) is 0 Å². The van der Waals surface area contributed by atoms with Gasteiger partial charge in [0.25, 0.3) is 0 Å². The Balaban J connectivity index is 2.83. The highest BCUT2D eigenvalue weighted by Crippen LogP contribution is 1.86. The second-order valence-electron chi connectivity index (χ2n) is 1.94. The molecule has 0 spiro atoms. The lowest BCUT2D eigenvalue weighted by molar-refractivity contribution is 0.139. The zero-order valence-electron chi connectivity index (χ0n) is 6.30. The van der Waals surface area contributed by atoms with Crippen LogP contribution in [0.1, 0.15) is 19.8 Å². The molecule has 0 saturated heterocycles. The van der Waals surface area contributed by atoms with Gasteiger partial charge >= 0.3 is 0 Å². The van der Waals surface area contributed by atoms with Crippen molar-refractivity contribution in [3.05, 3.63) is 0 Å². The Hall–Kier alpha value is -0.240. The van der Waals surface area contributed by atoms with Gasteiger partial charge in [-0.3, -0.25) is 0 Å². The lowest BCUT2D eigenvalue weighted by Gasteiger charge is -1.97. The Labute approximate surface area is 67.3 Å². The van der Waals surface area contributed by atoms with E-state index in [0.29, 0.717) is 13.2 Å². The average molecular weight is 159 g/mol. The van der Waals surface area contributed by atoms with Crippen LogP contribution in [0, 0.1) is 0 Å². The van der Waals surface area contributed by atoms with Gasteiger partial charge in [0.2, 0.25) is 0 Å². The Morgan fingerprint density at radius 1 is 1.50 bits per heavy atom. The molecule has 0 unspecified atom stereocenters. The van der Waals surface area contributed by atoms with Crippen molar-refractivity contribution in [3.8, 4) is 0 Å². The molecule has 0 aromatic carbocycles. The number of isothiocyanates is 1. The van der Waals surface area contributed by atoms with Gasteiger partial charge in [-0.1, -0.05) is 13.3 Å². The fourth-order valence-corrected chi connectivity index (χ4v) is 0.596. The van der Waals surface area contributed by atoms with Gasteiger partial charge in [0, 0.05) is 6.61 Å². The molecule has 0 N–H and O–H groups in total. The van der Waals surface area contributed by atoms with E-state index >= 15 is 0 Å². The van der Waals surface area contributed by atoms with E-state index in [2.05, 4.69) is 29.3 Å². The van der Waals surface area contributed by atoms with E-state index in [-0.39, 0.29) is 0 Å². The topological polar surface area (TPSA) is 21.6 Å². The molecule has 2 nitrogen and oxygen atoms in total. The number of aliphatic imine (C=N–C) groups is 1. The largest absolute Gasteiger partial charge is 0.379 e. The van der Waals surface area contributed by atoms with Crippen molar-refractivity contribution in [2.45, 2.75) is 19.8 Å². The van der Waals surface area contributed by atoms with Crippen molar-refractivity contribution in [2.75, 3.05) is 19.8 Å². The molecule has 0 saturated carbocycles. The second kappa shape index (κ2) is 8.76. The molecule has 0 atom stereocenters. The molecule has 0 aromatic heterocycles. The minimum absolute atomic E-state index is 0.646. The molecular weight excluding hydrogens is 146 g/mol. The Kier molecular flexibility index (Phi) is 8.55. The zero-order chi connectivity index (χ0) is 7.66. The maximum atomic E-state index is 5.20. The minimum atomic E-state index is 0.646. The lowest BCUT2D eigenvalue weighted by atomic mass is 10.4. The van der Waals surface area contributed by atoms with Crippen LogP contribution >= 0.6 is 12.2 Å². The molecule has 3 heteroatoms. The van der Waals surface area contributed by atoms with E-state index < -0.39 is 0 Å². The number of rotatable bonds is 6. The molecule has 0 bridgehead atoms. The molecule has 0 fully saturated rings. The van der Waals surface area contributed by atoms with Gasteiger partial charge in [-0.25, -0.2) is 4.99 Å². The highest BCUT2D eigenvalue weighted by Gasteiger charge is 1.84. The third-order valence-corrected chi connectivity index (χ3v) is 1.18. The predicted octanol–water partition coefficient (Wildman–Crippen LogP) is 1.91. The van der Waals surface area contributed by atoms with E-state index in [0.717, 1.165) is 13.0 Å². The van der Waals surface area contributed by atoms with Gasteiger partial charge in [0.1, 0.15) is 0 Å². The first kappa shape index (κ1) is 9.76. The summed E-state index contributed by atoms with van der Waals surface area (Å²) in [5, 5.41) is 2.29. The minimum Gasteiger partial charge on any atom is -0.379 e. The maximum Gasteiger partial charge on any atom is 0.0727 e. The maximum absolute atomic E-state index is 5.20. The van der Waals surface area contributed by atoms with Crippen LogP contribution in [-0.4, -0.2) is 24.9 Å². The number of nitrogens with zero attached hydrogens (tertiary/aromatic N) is 1. The summed E-state index contributed by atoms with van der Waals surface area (Å²) in [5.41, 5.74) is 0. The molecular formula is C7H13NOS. The van der Waals surface area contributed by atoms with E-state index in [1.54, 1.807) is 0 Å². The van der Waals surface area contributed by atoms with E-state index in [1.807, 2.05) is 0 Å². The standard InChI is InChI=1S/C7H13NOS/c1-2-3-5-9-6-4-8-7-10/h2-6H2,1H3. The lowest BCUT2D eigenvalue weighted by Crippen LogP contribution is -1.98. The van der Waals surface area contributed by atoms with Gasteiger partial charge in [-0.2, -0.15) is 0 Å². The van der Waals surface area contributed by atoms with Gasteiger partial charge < -0.3 is 4.74 Å². The normalized spacial score (nSPS) is 8.90. The van der Waals surface area contributed by atoms with Crippen molar-refractivity contribution in [3.63, 3.8) is 0 Å². The smallest absolute Gasteiger partial charge is 0.0727 e. The van der Waals surface area contributed by atoms with E-state index in [9.17, 15) is 0 Å². The molecule has 0 aliphatic carbocycles. The predicted molar refractivity (Wildman–Crippen MR) is 45.6 cm³/mol. The summed E-state index contributed by atoms with van der Waals surface area (Å²) in [7, 11) is 0. The number of ether oxygens (including phenoxy) is 1. The van der Waals surface area contributed by atoms with Crippen LogP contribution in [0.15, 0.2) is 4.99 Å². The SMILES string of the molecule is CCCCOCCN=C=S. The average Bonchev–Trinajstić information content (AvgIpc) is 1.97. The summed E-state index contributed by atoms with van der Waals surface area (Å²) in [5.74, 6) is 0. The summed E-state index contributed by atoms with van der Waals surface area (Å²) in [6.45, 7) is 4.29. The molecule has 0 radical (unpaired) electrons. The summed E-state index contributed by atoms with van der Waals surface area (Å²) in [4.78, 5) is 3.71. The van der Waals surface area contributed by atoms with E-state index in [4.69, 9.17) is 4.74 Å². The number of hydrogen-bond donors (Lipinski definition) is 0. The Bertz CT molecular complexity index is 110. The van der Waals surface area contributed by atoms with Crippen molar-refractivity contribution in [1.29, 1.82) is 0 Å². The van der Waals surface area contributed by atoms with Crippen molar-refractivity contribution in [1.82, 2.24) is 0 Å². The van der Waals surface area contributed by atoms with Gasteiger partial charge in [-0.05, 0) is 18.6 Å². The molecule has 58 valence electrons. The molecule has 0 heterocycles. The van der Waals surface area contributed by atoms with Crippen molar-refractivity contribution in [2.24, 2.45) is 4.99 Å². The van der Waals surface area contributed by atoms with Crippen LogP contribution < -0.4 is 0 Å². The molecule has 0 aliphatic rings. The van der Waals surface area contributed by atoms with Crippen LogP contribution in [0.2, 0.25) is 0 Å². The molecule has 0 rings (SSSR count). The van der Waals surface area contributed by atoms with Crippen LogP contribution in [0.3, 0.4) is 0 Å². The molecule has 0 aliphatic heterocycles. The Morgan fingerprint density at radius 3 is 2.90 bits per heavy atom. The second-order valence-corrected chi connectivity index (χ2v) is 2.12. The van der Waals surface area contributed by atoms with Crippen LogP contribution in [-0.2, 0) is 4.74 Å². The number of unbranched alkanes of at least 4 members (excludes halogenated alkanes) is 1. The van der Waals surface area contributed by atoms with Gasteiger partial charge in [0.05, 0.1) is 18.3 Å². The van der Waals surface area contributed by atoms with Crippen molar-refractivity contribution < 1.29 is 4.74 Å². The highest BCUT2D eigenvalue weighted by atomic mass is 32.1. The Morgan fingerprint density at radius 2 is 2.30 bits per heavy atom. The van der Waals surface area contributed by atoms with E-state index in [1.165, 1.54) is 6.42 Å². The highest BCUT2D eigenvalue weighted by molar-refractivity contribution is 7.78. The van der Waals surface area contributed by atoms with Crippen molar-refractivity contribution >= 4 is 17.4 Å². The number of thiocarbonyl (C=S) groups is 1. The molecule has 10 heavy (non-hydrogen) atoms. The summed E-state index contributed by atoms with van der Waals surface area (Å²) in [6.07, 6.45) is 2.30. The fourth-order valence-electron chi connectivity index (χ4n) is 0.504. The first-order valence-corrected chi connectivity index (χ1v) is 3.94. The van der Waals surface area contributed by atoms with Crippen LogP contribution in [0.4, 0.5) is 0 Å². The third kappa shape index (κ3) is 7.76.